The van der Waals surface area contributed by atoms with Gasteiger partial charge in [-0.25, -0.2) is 0 Å². The molecule has 1 fully saturated rings. The number of carbonyl (C=O) groups is 2. The van der Waals surface area contributed by atoms with Crippen LogP contribution in [0.3, 0.4) is 0 Å². The van der Waals surface area contributed by atoms with E-state index in [0.717, 1.165) is 18.8 Å². The van der Waals surface area contributed by atoms with E-state index in [0.29, 0.717) is 25.2 Å². The van der Waals surface area contributed by atoms with Crippen LogP contribution in [0.5, 0.6) is 5.75 Å². The number of methoxy groups -OCH3 is 1. The summed E-state index contributed by atoms with van der Waals surface area (Å²) in [4.78, 5) is 27.6. The number of hydrogen-bond donors (Lipinski definition) is 1. The first-order valence-electron chi connectivity index (χ1n) is 7.00. The van der Waals surface area contributed by atoms with Crippen molar-refractivity contribution in [2.24, 2.45) is 0 Å². The molecule has 0 atom stereocenters. The molecule has 114 valence electrons. The molecule has 1 heterocycles. The van der Waals surface area contributed by atoms with Crippen LogP contribution in [-0.4, -0.2) is 68.5 Å². The number of hydrogen-bond acceptors (Lipinski definition) is 4. The summed E-state index contributed by atoms with van der Waals surface area (Å²) in [7, 11) is 3.23. The van der Waals surface area contributed by atoms with Crippen molar-refractivity contribution >= 4 is 11.8 Å². The largest absolute Gasteiger partial charge is 0.497 e. The summed E-state index contributed by atoms with van der Waals surface area (Å²) in [6, 6.07) is 7.13. The van der Waals surface area contributed by atoms with Gasteiger partial charge in [-0.15, -0.1) is 0 Å². The molecule has 0 aliphatic carbocycles. The lowest BCUT2D eigenvalue weighted by Gasteiger charge is -2.34. The van der Waals surface area contributed by atoms with Gasteiger partial charge in [-0.3, -0.25) is 14.5 Å². The zero-order chi connectivity index (χ0) is 15.2. The Labute approximate surface area is 124 Å². The molecule has 1 aliphatic rings. The first-order chi connectivity index (χ1) is 10.1. The highest BCUT2D eigenvalue weighted by atomic mass is 16.5. The van der Waals surface area contributed by atoms with Crippen molar-refractivity contribution in [3.05, 3.63) is 29.8 Å². The van der Waals surface area contributed by atoms with Gasteiger partial charge in [0, 0.05) is 38.8 Å². The van der Waals surface area contributed by atoms with Crippen LogP contribution in [0, 0.1) is 0 Å². The Balaban J connectivity index is 1.89. The number of amides is 2. The third kappa shape index (κ3) is 3.95. The zero-order valence-electron chi connectivity index (χ0n) is 12.5. The maximum Gasteiger partial charge on any atom is 0.253 e. The van der Waals surface area contributed by atoms with Crippen molar-refractivity contribution in [2.75, 3.05) is 46.9 Å². The van der Waals surface area contributed by atoms with Crippen LogP contribution in [0.15, 0.2) is 24.3 Å². The quantitative estimate of drug-likeness (QED) is 0.861. The zero-order valence-corrected chi connectivity index (χ0v) is 12.5. The summed E-state index contributed by atoms with van der Waals surface area (Å²) >= 11 is 0. The van der Waals surface area contributed by atoms with E-state index in [2.05, 4.69) is 10.2 Å². The number of ether oxygens (including phenoxy) is 1. The molecule has 2 amide bonds. The van der Waals surface area contributed by atoms with Crippen LogP contribution in [0.1, 0.15) is 10.4 Å². The smallest absolute Gasteiger partial charge is 0.253 e. The minimum absolute atomic E-state index is 0.00457. The first-order valence-corrected chi connectivity index (χ1v) is 7.00. The van der Waals surface area contributed by atoms with Gasteiger partial charge in [-0.2, -0.15) is 0 Å². The molecule has 0 spiro atoms. The molecule has 0 aromatic heterocycles. The van der Waals surface area contributed by atoms with Crippen molar-refractivity contribution < 1.29 is 14.3 Å². The van der Waals surface area contributed by atoms with Crippen LogP contribution in [0.4, 0.5) is 0 Å². The van der Waals surface area contributed by atoms with Crippen molar-refractivity contribution in [1.82, 2.24) is 15.1 Å². The monoisotopic (exact) mass is 291 g/mol. The second-order valence-electron chi connectivity index (χ2n) is 4.97. The second-order valence-corrected chi connectivity index (χ2v) is 4.97. The predicted octanol–water partition coefficient (Wildman–Crippen LogP) is 0.199. The molecule has 1 aromatic rings. The van der Waals surface area contributed by atoms with Crippen LogP contribution in [0.2, 0.25) is 0 Å². The average Bonchev–Trinajstić information content (AvgIpc) is 2.55. The van der Waals surface area contributed by atoms with E-state index in [4.69, 9.17) is 4.74 Å². The lowest BCUT2D eigenvalue weighted by atomic mass is 10.1. The lowest BCUT2D eigenvalue weighted by Crippen LogP contribution is -2.50. The Morgan fingerprint density at radius 1 is 1.14 bits per heavy atom. The molecule has 0 saturated carbocycles. The number of piperazine rings is 1. The van der Waals surface area contributed by atoms with Crippen LogP contribution < -0.4 is 10.1 Å². The highest BCUT2D eigenvalue weighted by Crippen LogP contribution is 2.14. The molecular formula is C15H21N3O3. The van der Waals surface area contributed by atoms with E-state index in [1.165, 1.54) is 0 Å². The summed E-state index contributed by atoms with van der Waals surface area (Å²) < 4.78 is 5.09. The first kappa shape index (κ1) is 15.3. The Kier molecular flexibility index (Phi) is 5.16. The molecule has 6 nitrogen and oxygen atoms in total. The van der Waals surface area contributed by atoms with E-state index in [1.807, 2.05) is 4.90 Å². The number of nitrogens with one attached hydrogen (secondary N) is 1. The fourth-order valence-electron chi connectivity index (χ4n) is 2.31. The highest BCUT2D eigenvalue weighted by Gasteiger charge is 2.22. The normalized spacial score (nSPS) is 15.6. The summed E-state index contributed by atoms with van der Waals surface area (Å²) in [6.07, 6.45) is 0. The van der Waals surface area contributed by atoms with Gasteiger partial charge in [0.2, 0.25) is 5.91 Å². The number of benzene rings is 1. The minimum atomic E-state index is 0.00457. The molecular weight excluding hydrogens is 270 g/mol. The van der Waals surface area contributed by atoms with Gasteiger partial charge in [0.25, 0.3) is 5.91 Å². The topological polar surface area (TPSA) is 61.9 Å². The van der Waals surface area contributed by atoms with E-state index in [9.17, 15) is 9.59 Å². The van der Waals surface area contributed by atoms with E-state index in [-0.39, 0.29) is 11.8 Å². The third-order valence-electron chi connectivity index (χ3n) is 3.64. The van der Waals surface area contributed by atoms with Gasteiger partial charge in [-0.05, 0) is 24.3 Å². The fraction of sp³-hybridized carbons (Fsp3) is 0.467. The summed E-state index contributed by atoms with van der Waals surface area (Å²) in [6.45, 7) is 3.11. The maximum atomic E-state index is 12.4. The van der Waals surface area contributed by atoms with Crippen LogP contribution in [-0.2, 0) is 4.79 Å². The molecule has 1 aromatic carbocycles. The Bertz CT molecular complexity index is 493. The summed E-state index contributed by atoms with van der Waals surface area (Å²) in [5, 5.41) is 2.61. The van der Waals surface area contributed by atoms with Crippen molar-refractivity contribution in [1.29, 1.82) is 0 Å². The van der Waals surface area contributed by atoms with Gasteiger partial charge >= 0.3 is 0 Å². The maximum absolute atomic E-state index is 12.4. The Hall–Kier alpha value is -2.08. The van der Waals surface area contributed by atoms with Gasteiger partial charge in [-0.1, -0.05) is 0 Å². The molecule has 21 heavy (non-hydrogen) atoms. The minimum Gasteiger partial charge on any atom is -0.497 e. The molecule has 2 rings (SSSR count). The number of likely N-dealkylation sites (N-methyl/N-ethyl adjacent to an activating group) is 1. The van der Waals surface area contributed by atoms with Gasteiger partial charge in [0.1, 0.15) is 5.75 Å². The molecule has 6 heteroatoms. The van der Waals surface area contributed by atoms with Crippen molar-refractivity contribution in [3.8, 4) is 5.75 Å². The Morgan fingerprint density at radius 3 is 2.29 bits per heavy atom. The predicted molar refractivity (Wildman–Crippen MR) is 79.4 cm³/mol. The summed E-state index contributed by atoms with van der Waals surface area (Å²) in [5.41, 5.74) is 0.663. The van der Waals surface area contributed by atoms with Gasteiger partial charge in [0.05, 0.1) is 13.7 Å². The van der Waals surface area contributed by atoms with Gasteiger partial charge < -0.3 is 15.0 Å². The second kappa shape index (κ2) is 7.08. The average molecular weight is 291 g/mol. The standard InChI is InChI=1S/C15H21N3O3/c1-16-14(19)11-17-7-9-18(10-8-17)15(20)12-3-5-13(21-2)6-4-12/h3-6H,7-11H2,1-2H3,(H,16,19). The number of rotatable bonds is 4. The molecule has 1 saturated heterocycles. The fourth-order valence-corrected chi connectivity index (χ4v) is 2.31. The van der Waals surface area contributed by atoms with E-state index in [1.54, 1.807) is 38.4 Å². The lowest BCUT2D eigenvalue weighted by molar-refractivity contribution is -0.122. The SMILES string of the molecule is CNC(=O)CN1CCN(C(=O)c2ccc(OC)cc2)CC1. The van der Waals surface area contributed by atoms with Gasteiger partial charge in [0.15, 0.2) is 0 Å². The van der Waals surface area contributed by atoms with E-state index < -0.39 is 0 Å². The molecule has 1 N–H and O–H groups in total. The number of nitrogens with zero attached hydrogens (tertiary/aromatic N) is 2. The molecule has 0 bridgehead atoms. The van der Waals surface area contributed by atoms with Crippen LogP contribution >= 0.6 is 0 Å². The van der Waals surface area contributed by atoms with E-state index >= 15 is 0 Å². The molecule has 0 radical (unpaired) electrons. The van der Waals surface area contributed by atoms with Crippen molar-refractivity contribution in [3.63, 3.8) is 0 Å². The Morgan fingerprint density at radius 2 is 1.76 bits per heavy atom. The van der Waals surface area contributed by atoms with Crippen LogP contribution in [0.25, 0.3) is 0 Å². The third-order valence-corrected chi connectivity index (χ3v) is 3.64. The number of carbonyl (C=O) groups excluding carboxylic acids is 2. The highest BCUT2D eigenvalue weighted by molar-refractivity contribution is 5.94. The molecule has 0 unspecified atom stereocenters. The molecule has 1 aliphatic heterocycles. The summed E-state index contributed by atoms with van der Waals surface area (Å²) in [5.74, 6) is 0.768. The van der Waals surface area contributed by atoms with Crippen molar-refractivity contribution in [2.45, 2.75) is 0 Å².